The Kier molecular flexibility index (Phi) is 6.32. The number of aliphatic hydroxyl groups is 1. The van der Waals surface area contributed by atoms with Gasteiger partial charge >= 0.3 is 11.9 Å². The number of hydrogen-bond donors (Lipinski definition) is 1. The number of nitrogens with zero attached hydrogens (tertiary/aromatic N) is 1. The van der Waals surface area contributed by atoms with E-state index < -0.39 is 35.1 Å². The molecule has 1 aromatic carbocycles. The average Bonchev–Trinajstić information content (AvgIpc) is 3.38. The molecule has 3 aliphatic rings. The van der Waals surface area contributed by atoms with Gasteiger partial charge in [0, 0.05) is 23.4 Å². The van der Waals surface area contributed by atoms with Crippen LogP contribution in [-0.4, -0.2) is 53.4 Å². The second kappa shape index (κ2) is 8.87. The van der Waals surface area contributed by atoms with Crippen molar-refractivity contribution in [1.82, 2.24) is 0 Å². The SMILES string of the molecule is CC(=O)OC[C@@]1([C@@](C)(O)[C@H]2CCOC2=O)N=C(c2ccc(Cl)cc2)O[C@H]1[C@@H]1C=CCCC1. The summed E-state index contributed by atoms with van der Waals surface area (Å²) in [4.78, 5) is 29.2. The molecule has 5 atom stereocenters. The van der Waals surface area contributed by atoms with Crippen molar-refractivity contribution in [2.24, 2.45) is 16.8 Å². The Morgan fingerprint density at radius 3 is 2.69 bits per heavy atom. The Morgan fingerprint density at radius 1 is 1.34 bits per heavy atom. The number of hydrogen-bond acceptors (Lipinski definition) is 7. The largest absolute Gasteiger partial charge is 0.471 e. The Hall–Kier alpha value is -2.38. The standard InChI is InChI=1S/C24H28ClNO6/c1-15(27)31-14-24(23(2,29)19-12-13-30-22(19)28)20(16-6-4-3-5-7-16)32-21(26-24)17-8-10-18(25)11-9-17/h4,6,8-11,16,19-20,29H,3,5,7,12-14H2,1-2H3/t16-,19+,20+,23+,24-/m1/s1. The van der Waals surface area contributed by atoms with E-state index in [2.05, 4.69) is 12.2 Å². The van der Waals surface area contributed by atoms with Gasteiger partial charge in [0.2, 0.25) is 5.90 Å². The van der Waals surface area contributed by atoms with Crippen LogP contribution in [0.3, 0.4) is 0 Å². The molecule has 0 unspecified atom stereocenters. The topological polar surface area (TPSA) is 94.4 Å². The van der Waals surface area contributed by atoms with E-state index in [1.54, 1.807) is 31.2 Å². The summed E-state index contributed by atoms with van der Waals surface area (Å²) >= 11 is 6.05. The predicted octanol–water partition coefficient (Wildman–Crippen LogP) is 3.46. The van der Waals surface area contributed by atoms with Gasteiger partial charge in [0.25, 0.3) is 0 Å². The molecule has 1 fully saturated rings. The van der Waals surface area contributed by atoms with Crippen molar-refractivity contribution < 1.29 is 28.9 Å². The van der Waals surface area contributed by atoms with Gasteiger partial charge in [-0.1, -0.05) is 23.8 Å². The number of allylic oxidation sites excluding steroid dienone is 1. The summed E-state index contributed by atoms with van der Waals surface area (Å²) in [6, 6.07) is 7.04. The van der Waals surface area contributed by atoms with Gasteiger partial charge in [-0.15, -0.1) is 0 Å². The zero-order valence-corrected chi connectivity index (χ0v) is 19.0. The highest BCUT2D eigenvalue weighted by Gasteiger charge is 2.65. The molecule has 4 rings (SSSR count). The molecule has 0 amide bonds. The van der Waals surface area contributed by atoms with E-state index in [0.717, 1.165) is 19.3 Å². The summed E-state index contributed by atoms with van der Waals surface area (Å²) in [5.74, 6) is -1.54. The highest BCUT2D eigenvalue weighted by atomic mass is 35.5. The van der Waals surface area contributed by atoms with Crippen LogP contribution in [0.4, 0.5) is 0 Å². The number of rotatable bonds is 6. The van der Waals surface area contributed by atoms with Gasteiger partial charge < -0.3 is 19.3 Å². The quantitative estimate of drug-likeness (QED) is 0.515. The van der Waals surface area contributed by atoms with E-state index in [9.17, 15) is 14.7 Å². The first kappa shape index (κ1) is 22.8. The number of carbonyl (C=O) groups is 2. The van der Waals surface area contributed by atoms with Crippen molar-refractivity contribution in [2.75, 3.05) is 13.2 Å². The molecule has 0 bridgehead atoms. The maximum absolute atomic E-state index is 12.5. The fourth-order valence-corrected chi connectivity index (χ4v) is 5.05. The molecule has 2 aliphatic heterocycles. The van der Waals surface area contributed by atoms with E-state index in [1.807, 2.05) is 0 Å². The van der Waals surface area contributed by atoms with Crippen LogP contribution in [0.2, 0.25) is 5.02 Å². The number of halogens is 1. The molecule has 0 radical (unpaired) electrons. The molecule has 0 aromatic heterocycles. The van der Waals surface area contributed by atoms with Crippen LogP contribution in [0, 0.1) is 11.8 Å². The molecular formula is C24H28ClNO6. The van der Waals surface area contributed by atoms with Gasteiger partial charge in [0.15, 0.2) is 5.54 Å². The van der Waals surface area contributed by atoms with Crippen molar-refractivity contribution in [3.8, 4) is 0 Å². The first-order valence-electron chi connectivity index (χ1n) is 11.0. The van der Waals surface area contributed by atoms with Gasteiger partial charge in [-0.2, -0.15) is 0 Å². The van der Waals surface area contributed by atoms with Gasteiger partial charge in [0.1, 0.15) is 18.3 Å². The molecule has 0 spiro atoms. The minimum absolute atomic E-state index is 0.0724. The van der Waals surface area contributed by atoms with E-state index in [-0.39, 0.29) is 19.1 Å². The average molecular weight is 462 g/mol. The predicted molar refractivity (Wildman–Crippen MR) is 118 cm³/mol. The third-order valence-corrected chi connectivity index (χ3v) is 7.02. The van der Waals surface area contributed by atoms with Crippen LogP contribution in [0.15, 0.2) is 41.4 Å². The van der Waals surface area contributed by atoms with Crippen molar-refractivity contribution in [1.29, 1.82) is 0 Å². The summed E-state index contributed by atoms with van der Waals surface area (Å²) in [6.45, 7) is 2.89. The lowest BCUT2D eigenvalue weighted by atomic mass is 9.66. The number of benzene rings is 1. The number of esters is 2. The zero-order valence-electron chi connectivity index (χ0n) is 18.3. The Morgan fingerprint density at radius 2 is 2.09 bits per heavy atom. The minimum atomic E-state index is -1.68. The van der Waals surface area contributed by atoms with Crippen LogP contribution in [0.5, 0.6) is 0 Å². The second-order valence-corrected chi connectivity index (χ2v) is 9.28. The van der Waals surface area contributed by atoms with E-state index in [1.165, 1.54) is 6.92 Å². The van der Waals surface area contributed by atoms with E-state index in [4.69, 9.17) is 30.8 Å². The second-order valence-electron chi connectivity index (χ2n) is 8.85. The molecular weight excluding hydrogens is 434 g/mol. The number of aliphatic imine (C=N–C) groups is 1. The molecule has 1 N–H and O–H groups in total. The van der Waals surface area contributed by atoms with Crippen molar-refractivity contribution in [2.45, 2.75) is 56.8 Å². The van der Waals surface area contributed by atoms with E-state index >= 15 is 0 Å². The number of cyclic esters (lactones) is 1. The van der Waals surface area contributed by atoms with E-state index in [0.29, 0.717) is 22.9 Å². The lowest BCUT2D eigenvalue weighted by Crippen LogP contribution is -2.65. The van der Waals surface area contributed by atoms with Gasteiger partial charge in [-0.3, -0.25) is 9.59 Å². The van der Waals surface area contributed by atoms with Crippen LogP contribution < -0.4 is 0 Å². The van der Waals surface area contributed by atoms with Crippen LogP contribution in [0.25, 0.3) is 0 Å². The summed E-state index contributed by atoms with van der Waals surface area (Å²) < 4.78 is 17.0. The molecule has 32 heavy (non-hydrogen) atoms. The van der Waals surface area contributed by atoms with Gasteiger partial charge in [-0.05, 0) is 56.9 Å². The normalized spacial score (nSPS) is 31.4. The first-order chi connectivity index (χ1) is 15.2. The van der Waals surface area contributed by atoms with Gasteiger partial charge in [-0.25, -0.2) is 4.99 Å². The lowest BCUT2D eigenvalue weighted by Gasteiger charge is -2.46. The number of ether oxygens (including phenoxy) is 3. The molecule has 172 valence electrons. The fraction of sp³-hybridized carbons (Fsp3) is 0.542. The highest BCUT2D eigenvalue weighted by molar-refractivity contribution is 6.30. The molecule has 1 saturated heterocycles. The third kappa shape index (κ3) is 4.04. The lowest BCUT2D eigenvalue weighted by molar-refractivity contribution is -0.166. The molecule has 7 nitrogen and oxygen atoms in total. The van der Waals surface area contributed by atoms with Crippen LogP contribution in [-0.2, 0) is 23.8 Å². The third-order valence-electron chi connectivity index (χ3n) is 6.77. The van der Waals surface area contributed by atoms with Crippen LogP contribution in [0.1, 0.15) is 45.1 Å². The monoisotopic (exact) mass is 461 g/mol. The highest BCUT2D eigenvalue weighted by Crippen LogP contribution is 2.48. The Labute approximate surface area is 192 Å². The Bertz CT molecular complexity index is 940. The van der Waals surface area contributed by atoms with Crippen LogP contribution >= 0.6 is 11.6 Å². The molecule has 0 saturated carbocycles. The summed E-state index contributed by atoms with van der Waals surface area (Å²) in [5.41, 5.74) is -2.39. The van der Waals surface area contributed by atoms with Gasteiger partial charge in [0.05, 0.1) is 12.5 Å². The molecule has 2 heterocycles. The molecule has 8 heteroatoms. The number of carbonyl (C=O) groups excluding carboxylic acids is 2. The fourth-order valence-electron chi connectivity index (χ4n) is 4.93. The van der Waals surface area contributed by atoms with Crippen molar-refractivity contribution in [3.05, 3.63) is 47.0 Å². The van der Waals surface area contributed by atoms with Crippen molar-refractivity contribution in [3.63, 3.8) is 0 Å². The molecule has 1 aromatic rings. The maximum Gasteiger partial charge on any atom is 0.312 e. The summed E-state index contributed by atoms with van der Waals surface area (Å²) in [5, 5.41) is 12.5. The smallest absolute Gasteiger partial charge is 0.312 e. The zero-order chi connectivity index (χ0) is 22.9. The first-order valence-corrected chi connectivity index (χ1v) is 11.3. The minimum Gasteiger partial charge on any atom is -0.471 e. The maximum atomic E-state index is 12.5. The Balaban J connectivity index is 1.84. The van der Waals surface area contributed by atoms with Crippen molar-refractivity contribution >= 4 is 29.4 Å². The molecule has 1 aliphatic carbocycles. The summed E-state index contributed by atoms with van der Waals surface area (Å²) in [6.07, 6.45) is 6.65. The summed E-state index contributed by atoms with van der Waals surface area (Å²) in [7, 11) is 0.